The lowest BCUT2D eigenvalue weighted by Crippen LogP contribution is -2.38. The molecule has 0 spiro atoms. The third-order valence-corrected chi connectivity index (χ3v) is 6.22. The third kappa shape index (κ3) is 5.19. The first-order valence-electron chi connectivity index (χ1n) is 10.4. The molecular weight excluding hydrogens is 411 g/mol. The zero-order valence-electron chi connectivity index (χ0n) is 17.2. The Morgan fingerprint density at radius 2 is 1.97 bits per heavy atom. The van der Waals surface area contributed by atoms with E-state index in [0.29, 0.717) is 35.2 Å². The summed E-state index contributed by atoms with van der Waals surface area (Å²) in [5.41, 5.74) is 0.575. The van der Waals surface area contributed by atoms with E-state index in [1.165, 1.54) is 18.3 Å². The van der Waals surface area contributed by atoms with E-state index in [9.17, 15) is 9.18 Å². The molecule has 2 heterocycles. The molecule has 4 rings (SSSR count). The lowest BCUT2D eigenvalue weighted by molar-refractivity contribution is -0.120. The Labute approximate surface area is 178 Å². The van der Waals surface area contributed by atoms with Gasteiger partial charge in [-0.25, -0.2) is 9.37 Å². The van der Waals surface area contributed by atoms with Crippen molar-refractivity contribution >= 4 is 27.5 Å². The molecule has 1 aromatic carbocycles. The predicted molar refractivity (Wildman–Crippen MR) is 111 cm³/mol. The number of amides is 1. The monoisotopic (exact) mass is 438 g/mol. The number of aromatic nitrogens is 1. The van der Waals surface area contributed by atoms with Gasteiger partial charge in [-0.1, -0.05) is 11.3 Å². The molecule has 2 fully saturated rings. The van der Waals surface area contributed by atoms with Gasteiger partial charge in [0.2, 0.25) is 5.91 Å². The fourth-order valence-corrected chi connectivity index (χ4v) is 4.56. The average molecular weight is 439 g/mol. The van der Waals surface area contributed by atoms with Crippen LogP contribution in [0.3, 0.4) is 0 Å². The van der Waals surface area contributed by atoms with Gasteiger partial charge in [0.25, 0.3) is 5.19 Å². The number of rotatable bonds is 8. The second kappa shape index (κ2) is 9.45. The van der Waals surface area contributed by atoms with E-state index < -0.39 is 0 Å². The summed E-state index contributed by atoms with van der Waals surface area (Å²) in [7, 11) is 0. The Kier molecular flexibility index (Phi) is 6.70. The topological polar surface area (TPSA) is 78.9 Å². The number of hydrogen-bond donors (Lipinski definition) is 1. The maximum Gasteiger partial charge on any atom is 0.274 e. The van der Waals surface area contributed by atoms with Crippen molar-refractivity contribution in [2.24, 2.45) is 0 Å². The Balaban J connectivity index is 1.29. The number of carbonyl (C=O) groups is 1. The van der Waals surface area contributed by atoms with E-state index in [0.717, 1.165) is 25.7 Å². The Morgan fingerprint density at radius 1 is 1.23 bits per heavy atom. The highest BCUT2D eigenvalue weighted by Gasteiger charge is 2.26. The van der Waals surface area contributed by atoms with Crippen molar-refractivity contribution < 1.29 is 28.1 Å². The van der Waals surface area contributed by atoms with Gasteiger partial charge in [-0.2, -0.15) is 0 Å². The van der Waals surface area contributed by atoms with Crippen LogP contribution in [0.15, 0.2) is 12.1 Å². The van der Waals surface area contributed by atoms with Crippen molar-refractivity contribution in [3.05, 3.63) is 17.9 Å². The van der Waals surface area contributed by atoms with Gasteiger partial charge in [-0.05, 0) is 44.7 Å². The molecule has 9 heteroatoms. The molecule has 164 valence electrons. The van der Waals surface area contributed by atoms with Gasteiger partial charge < -0.3 is 24.3 Å². The summed E-state index contributed by atoms with van der Waals surface area (Å²) in [6, 6.07) is 3.40. The number of nitrogens with one attached hydrogen (secondary N) is 1. The van der Waals surface area contributed by atoms with E-state index in [1.54, 1.807) is 12.1 Å². The molecule has 1 saturated heterocycles. The predicted octanol–water partition coefficient (Wildman–Crippen LogP) is 3.44. The minimum Gasteiger partial charge on any atom is -0.487 e. The molecule has 0 unspecified atom stereocenters. The van der Waals surface area contributed by atoms with E-state index in [2.05, 4.69) is 10.3 Å². The van der Waals surface area contributed by atoms with Crippen LogP contribution in [-0.2, 0) is 14.3 Å². The van der Waals surface area contributed by atoms with E-state index >= 15 is 0 Å². The molecule has 1 aliphatic carbocycles. The first kappa shape index (κ1) is 21.3. The molecule has 1 N–H and O–H groups in total. The second-order valence-electron chi connectivity index (χ2n) is 7.93. The molecule has 7 nitrogen and oxygen atoms in total. The van der Waals surface area contributed by atoms with Crippen molar-refractivity contribution in [2.75, 3.05) is 19.8 Å². The minimum absolute atomic E-state index is 0.00276. The molecule has 2 aromatic rings. The van der Waals surface area contributed by atoms with Gasteiger partial charge in [0.1, 0.15) is 6.10 Å². The van der Waals surface area contributed by atoms with Crippen molar-refractivity contribution in [3.8, 4) is 10.9 Å². The number of benzene rings is 1. The Bertz CT molecular complexity index is 880. The maximum atomic E-state index is 15.0. The van der Waals surface area contributed by atoms with Gasteiger partial charge in [0, 0.05) is 13.0 Å². The summed E-state index contributed by atoms with van der Waals surface area (Å²) in [6.45, 7) is 5.00. The zero-order chi connectivity index (χ0) is 21.1. The third-order valence-electron chi connectivity index (χ3n) is 5.26. The summed E-state index contributed by atoms with van der Waals surface area (Å²) in [6.07, 6.45) is 3.41. The van der Waals surface area contributed by atoms with Crippen molar-refractivity contribution in [3.63, 3.8) is 0 Å². The van der Waals surface area contributed by atoms with E-state index in [-0.39, 0.29) is 41.8 Å². The molecule has 1 saturated carbocycles. The molecule has 0 radical (unpaired) electrons. The van der Waals surface area contributed by atoms with E-state index in [4.69, 9.17) is 18.9 Å². The summed E-state index contributed by atoms with van der Waals surface area (Å²) in [5.74, 6) is -0.181. The summed E-state index contributed by atoms with van der Waals surface area (Å²) in [4.78, 5) is 15.4. The van der Waals surface area contributed by atoms with Gasteiger partial charge in [0.15, 0.2) is 11.6 Å². The van der Waals surface area contributed by atoms with Crippen molar-refractivity contribution in [1.82, 2.24) is 10.3 Å². The van der Waals surface area contributed by atoms with Crippen LogP contribution in [0.1, 0.15) is 39.5 Å². The first-order chi connectivity index (χ1) is 14.5. The average Bonchev–Trinajstić information content (AvgIpc) is 3.10. The van der Waals surface area contributed by atoms with Crippen LogP contribution in [0, 0.1) is 5.82 Å². The molecular formula is C21H27FN2O5S. The molecule has 30 heavy (non-hydrogen) atoms. The van der Waals surface area contributed by atoms with Gasteiger partial charge >= 0.3 is 0 Å². The molecule has 0 bridgehead atoms. The first-order valence-corrected chi connectivity index (χ1v) is 11.2. The van der Waals surface area contributed by atoms with Gasteiger partial charge in [0.05, 0.1) is 42.2 Å². The normalized spacial score (nSPS) is 23.0. The van der Waals surface area contributed by atoms with Crippen LogP contribution in [0.25, 0.3) is 10.2 Å². The van der Waals surface area contributed by atoms with Crippen molar-refractivity contribution in [2.45, 2.75) is 63.9 Å². The van der Waals surface area contributed by atoms with Crippen LogP contribution in [-0.4, -0.2) is 55.1 Å². The molecule has 1 atom stereocenters. The number of thiazole rings is 1. The van der Waals surface area contributed by atoms with E-state index in [1.807, 2.05) is 6.92 Å². The second-order valence-corrected chi connectivity index (χ2v) is 8.90. The van der Waals surface area contributed by atoms with Gasteiger partial charge in [-0.15, -0.1) is 0 Å². The number of fused-ring (bicyclic) bond motifs is 1. The number of hydrogen-bond acceptors (Lipinski definition) is 7. The van der Waals surface area contributed by atoms with Crippen LogP contribution in [0.2, 0.25) is 0 Å². The summed E-state index contributed by atoms with van der Waals surface area (Å²) >= 11 is 1.20. The number of carbonyl (C=O) groups excluding carboxylic acids is 1. The minimum atomic E-state index is -0.382. The SMILES string of the molecule is CC(=O)N[C@@H](C)COC1CCC(Oc2ccc3nc(OC4COC4)sc3c2F)CC1. The Morgan fingerprint density at radius 3 is 2.63 bits per heavy atom. The van der Waals surface area contributed by atoms with Crippen LogP contribution < -0.4 is 14.8 Å². The van der Waals surface area contributed by atoms with Gasteiger partial charge in [-0.3, -0.25) is 4.79 Å². The molecule has 2 aliphatic rings. The summed E-state index contributed by atoms with van der Waals surface area (Å²) < 4.78 is 38.1. The van der Waals surface area contributed by atoms with Crippen molar-refractivity contribution in [1.29, 1.82) is 0 Å². The largest absolute Gasteiger partial charge is 0.487 e. The van der Waals surface area contributed by atoms with Crippen LogP contribution in [0.5, 0.6) is 10.9 Å². The smallest absolute Gasteiger partial charge is 0.274 e. The van der Waals surface area contributed by atoms with Crippen LogP contribution in [0.4, 0.5) is 4.39 Å². The zero-order valence-corrected chi connectivity index (χ0v) is 18.0. The highest BCUT2D eigenvalue weighted by molar-refractivity contribution is 7.20. The highest BCUT2D eigenvalue weighted by atomic mass is 32.1. The highest BCUT2D eigenvalue weighted by Crippen LogP contribution is 2.36. The fourth-order valence-electron chi connectivity index (χ4n) is 3.65. The lowest BCUT2D eigenvalue weighted by atomic mass is 9.95. The fraction of sp³-hybridized carbons (Fsp3) is 0.619. The lowest BCUT2D eigenvalue weighted by Gasteiger charge is -2.30. The standard InChI is InChI=1S/C21H27FN2O5S/c1-12(23-13(2)25)9-27-14-3-5-15(6-4-14)28-18-8-7-17-20(19(18)22)30-21(24-17)29-16-10-26-11-16/h7-8,12,14-16H,3-6,9-11H2,1-2H3,(H,23,25)/t12-,14?,15?/m0/s1. The number of nitrogens with zero attached hydrogens (tertiary/aromatic N) is 1. The molecule has 1 aliphatic heterocycles. The summed E-state index contributed by atoms with van der Waals surface area (Å²) in [5, 5.41) is 3.27. The Hall–Kier alpha value is -1.97. The quantitative estimate of drug-likeness (QED) is 0.680. The van der Waals surface area contributed by atoms with Crippen LogP contribution >= 0.6 is 11.3 Å². The molecule has 1 aromatic heterocycles. The maximum absolute atomic E-state index is 15.0. The molecule has 1 amide bonds. The number of halogens is 1. The number of ether oxygens (including phenoxy) is 4.